The van der Waals surface area contributed by atoms with E-state index in [1.807, 2.05) is 6.92 Å². The summed E-state index contributed by atoms with van der Waals surface area (Å²) in [4.78, 5) is 4.53. The number of nitrogens with zero attached hydrogens (tertiary/aromatic N) is 2. The summed E-state index contributed by atoms with van der Waals surface area (Å²) in [7, 11) is -3.90. The number of thiazole rings is 1. The summed E-state index contributed by atoms with van der Waals surface area (Å²) in [6.45, 7) is 1.84. The summed E-state index contributed by atoms with van der Waals surface area (Å²) < 4.78 is 29.0. The average molecular weight is 362 g/mol. The molecule has 3 rings (SSSR count). The van der Waals surface area contributed by atoms with Crippen LogP contribution in [0.5, 0.6) is 0 Å². The predicted octanol–water partition coefficient (Wildman–Crippen LogP) is 3.81. The lowest BCUT2D eigenvalue weighted by atomic mass is 10.2. The van der Waals surface area contributed by atoms with Crippen LogP contribution in [-0.4, -0.2) is 17.8 Å². The number of hydrogen-bond acceptors (Lipinski definition) is 4. The zero-order valence-electron chi connectivity index (χ0n) is 10.7. The standard InChI is InChI=1S/C12H9Cl2N3O2S2/c1-7-2-3-8(13)9(6-7)16-21(18,19)11-10(14)15-12-17(11)4-5-20-12/h2-6,16H,1H3. The van der Waals surface area contributed by atoms with Gasteiger partial charge in [-0.1, -0.05) is 29.3 Å². The van der Waals surface area contributed by atoms with Crippen molar-refractivity contribution in [1.82, 2.24) is 9.38 Å². The molecule has 9 heteroatoms. The molecule has 0 bridgehead atoms. The molecule has 0 saturated heterocycles. The first-order valence-electron chi connectivity index (χ1n) is 5.78. The fourth-order valence-corrected chi connectivity index (χ4v) is 4.64. The van der Waals surface area contributed by atoms with Crippen molar-refractivity contribution in [3.05, 3.63) is 45.5 Å². The van der Waals surface area contributed by atoms with Crippen molar-refractivity contribution in [3.8, 4) is 0 Å². The summed E-state index contributed by atoms with van der Waals surface area (Å²) >= 11 is 13.3. The molecule has 2 heterocycles. The molecule has 0 aliphatic heterocycles. The molecule has 21 heavy (non-hydrogen) atoms. The minimum atomic E-state index is -3.90. The second-order valence-corrected chi connectivity index (χ2v) is 7.59. The summed E-state index contributed by atoms with van der Waals surface area (Å²) in [5.74, 6) is 0. The predicted molar refractivity (Wildman–Crippen MR) is 85.1 cm³/mol. The summed E-state index contributed by atoms with van der Waals surface area (Å²) in [5.41, 5.74) is 1.19. The zero-order valence-corrected chi connectivity index (χ0v) is 13.8. The van der Waals surface area contributed by atoms with E-state index in [0.29, 0.717) is 15.7 Å². The highest BCUT2D eigenvalue weighted by Crippen LogP contribution is 2.29. The number of nitrogens with one attached hydrogen (secondary N) is 1. The number of hydrogen-bond donors (Lipinski definition) is 1. The van der Waals surface area contributed by atoms with E-state index in [9.17, 15) is 8.42 Å². The average Bonchev–Trinajstić information content (AvgIpc) is 2.92. The van der Waals surface area contributed by atoms with Gasteiger partial charge in [-0.2, -0.15) is 8.42 Å². The SMILES string of the molecule is Cc1ccc(Cl)c(NS(=O)(=O)c2c(Cl)nc3sccn23)c1. The minimum absolute atomic E-state index is 0.0712. The van der Waals surface area contributed by atoms with Crippen LogP contribution in [0.25, 0.3) is 4.96 Å². The van der Waals surface area contributed by atoms with Crippen LogP contribution in [-0.2, 0) is 10.0 Å². The van der Waals surface area contributed by atoms with Gasteiger partial charge in [0.25, 0.3) is 10.0 Å². The summed E-state index contributed by atoms with van der Waals surface area (Å²) in [6.07, 6.45) is 1.60. The van der Waals surface area contributed by atoms with E-state index >= 15 is 0 Å². The Balaban J connectivity index is 2.10. The highest BCUT2D eigenvalue weighted by atomic mass is 35.5. The van der Waals surface area contributed by atoms with E-state index in [2.05, 4.69) is 9.71 Å². The molecule has 0 atom stereocenters. The number of sulfonamides is 1. The Bertz CT molecular complexity index is 931. The summed E-state index contributed by atoms with van der Waals surface area (Å²) in [5, 5.41) is 1.87. The fourth-order valence-electron chi connectivity index (χ4n) is 1.89. The molecule has 0 unspecified atom stereocenters. The molecule has 1 aromatic carbocycles. The molecule has 0 radical (unpaired) electrons. The van der Waals surface area contributed by atoms with Crippen LogP contribution >= 0.6 is 34.5 Å². The number of aryl methyl sites for hydroxylation is 1. The van der Waals surface area contributed by atoms with Gasteiger partial charge in [-0.15, -0.1) is 11.3 Å². The quantitative estimate of drug-likeness (QED) is 0.771. The highest BCUT2D eigenvalue weighted by molar-refractivity contribution is 7.92. The van der Waals surface area contributed by atoms with E-state index in [0.717, 1.165) is 5.56 Å². The van der Waals surface area contributed by atoms with Gasteiger partial charge < -0.3 is 0 Å². The molecule has 0 saturated carbocycles. The van der Waals surface area contributed by atoms with E-state index in [1.54, 1.807) is 29.8 Å². The van der Waals surface area contributed by atoms with Gasteiger partial charge in [-0.25, -0.2) is 4.98 Å². The largest absolute Gasteiger partial charge is 0.281 e. The third kappa shape index (κ3) is 2.62. The molecular weight excluding hydrogens is 353 g/mol. The number of aromatic nitrogens is 2. The Morgan fingerprint density at radius 2 is 2.10 bits per heavy atom. The third-order valence-corrected chi connectivity index (χ3v) is 5.65. The van der Waals surface area contributed by atoms with Crippen LogP contribution < -0.4 is 4.72 Å². The van der Waals surface area contributed by atoms with Crippen molar-refractivity contribution < 1.29 is 8.42 Å². The van der Waals surface area contributed by atoms with Gasteiger partial charge in [-0.05, 0) is 24.6 Å². The molecular formula is C12H9Cl2N3O2S2. The Labute approximate surface area is 135 Å². The molecule has 0 aliphatic carbocycles. The molecule has 0 fully saturated rings. The molecule has 3 aromatic rings. The molecule has 2 aromatic heterocycles. The second kappa shape index (κ2) is 5.17. The van der Waals surface area contributed by atoms with Crippen LogP contribution in [0.2, 0.25) is 10.2 Å². The third-order valence-electron chi connectivity index (χ3n) is 2.80. The normalized spacial score (nSPS) is 12.0. The van der Waals surface area contributed by atoms with Crippen molar-refractivity contribution in [3.63, 3.8) is 0 Å². The maximum Gasteiger partial charge on any atom is 0.281 e. The smallest absolute Gasteiger partial charge is 0.278 e. The number of imidazole rings is 1. The topological polar surface area (TPSA) is 63.5 Å². The van der Waals surface area contributed by atoms with E-state index in [1.165, 1.54) is 15.7 Å². The second-order valence-electron chi connectivity index (χ2n) is 4.35. The van der Waals surface area contributed by atoms with E-state index < -0.39 is 10.0 Å². The van der Waals surface area contributed by atoms with Gasteiger partial charge in [-0.3, -0.25) is 9.12 Å². The molecule has 110 valence electrons. The number of rotatable bonds is 3. The van der Waals surface area contributed by atoms with E-state index in [-0.39, 0.29) is 10.2 Å². The van der Waals surface area contributed by atoms with E-state index in [4.69, 9.17) is 23.2 Å². The summed E-state index contributed by atoms with van der Waals surface area (Å²) in [6, 6.07) is 5.08. The molecule has 0 amide bonds. The van der Waals surface area contributed by atoms with Crippen molar-refractivity contribution >= 4 is 55.2 Å². The molecule has 5 nitrogen and oxygen atoms in total. The Hall–Kier alpha value is -1.28. The van der Waals surface area contributed by atoms with Gasteiger partial charge >= 0.3 is 0 Å². The monoisotopic (exact) mass is 361 g/mol. The lowest BCUT2D eigenvalue weighted by Crippen LogP contribution is -2.15. The van der Waals surface area contributed by atoms with Gasteiger partial charge in [0.15, 0.2) is 15.1 Å². The van der Waals surface area contributed by atoms with Crippen molar-refractivity contribution in [1.29, 1.82) is 0 Å². The van der Waals surface area contributed by atoms with Gasteiger partial charge in [0.1, 0.15) is 0 Å². The van der Waals surface area contributed by atoms with Gasteiger partial charge in [0.2, 0.25) is 0 Å². The Morgan fingerprint density at radius 3 is 2.86 bits per heavy atom. The van der Waals surface area contributed by atoms with Gasteiger partial charge in [0, 0.05) is 11.6 Å². The maximum atomic E-state index is 12.5. The minimum Gasteiger partial charge on any atom is -0.278 e. The first kappa shape index (κ1) is 14.6. The van der Waals surface area contributed by atoms with Crippen LogP contribution in [0.4, 0.5) is 5.69 Å². The fraction of sp³-hybridized carbons (Fsp3) is 0.0833. The van der Waals surface area contributed by atoms with Crippen molar-refractivity contribution in [2.75, 3.05) is 4.72 Å². The van der Waals surface area contributed by atoms with Crippen LogP contribution in [0.15, 0.2) is 34.8 Å². The number of halogens is 2. The molecule has 0 spiro atoms. The number of fused-ring (bicyclic) bond motifs is 1. The maximum absolute atomic E-state index is 12.5. The highest BCUT2D eigenvalue weighted by Gasteiger charge is 2.25. The van der Waals surface area contributed by atoms with Gasteiger partial charge in [0.05, 0.1) is 10.7 Å². The Kier molecular flexibility index (Phi) is 3.61. The molecule has 1 N–H and O–H groups in total. The lowest BCUT2D eigenvalue weighted by molar-refractivity contribution is 0.597. The van der Waals surface area contributed by atoms with Crippen molar-refractivity contribution in [2.45, 2.75) is 11.9 Å². The Morgan fingerprint density at radius 1 is 1.33 bits per heavy atom. The van der Waals surface area contributed by atoms with Crippen LogP contribution in [0, 0.1) is 6.92 Å². The number of anilines is 1. The lowest BCUT2D eigenvalue weighted by Gasteiger charge is -2.10. The van der Waals surface area contributed by atoms with Crippen molar-refractivity contribution in [2.24, 2.45) is 0 Å². The van der Waals surface area contributed by atoms with Crippen LogP contribution in [0.1, 0.15) is 5.56 Å². The first-order valence-corrected chi connectivity index (χ1v) is 8.90. The zero-order chi connectivity index (χ0) is 15.2. The molecule has 0 aliphatic rings. The number of benzene rings is 1. The van der Waals surface area contributed by atoms with Crippen LogP contribution in [0.3, 0.4) is 0 Å². The first-order chi connectivity index (χ1) is 9.88.